The molecule has 0 saturated carbocycles. The van der Waals surface area contributed by atoms with Gasteiger partial charge in [0.15, 0.2) is 0 Å². The van der Waals surface area contributed by atoms with Crippen LogP contribution in [0.25, 0.3) is 0 Å². The highest BCUT2D eigenvalue weighted by molar-refractivity contribution is 5.88. The van der Waals surface area contributed by atoms with Gasteiger partial charge in [0.25, 0.3) is 0 Å². The van der Waals surface area contributed by atoms with Crippen molar-refractivity contribution >= 4 is 5.97 Å². The molecule has 0 amide bonds. The van der Waals surface area contributed by atoms with E-state index in [-0.39, 0.29) is 5.97 Å². The molecule has 64 valence electrons. The van der Waals surface area contributed by atoms with Crippen molar-refractivity contribution in [1.82, 2.24) is 0 Å². The standard InChI is InChI=1S/C8H15NO2/c1-3-7(5-4-6-9)8(10)11-2/h3H,4-6,9H2,1-2H3. The summed E-state index contributed by atoms with van der Waals surface area (Å²) >= 11 is 0. The zero-order chi connectivity index (χ0) is 8.69. The van der Waals surface area contributed by atoms with Crippen LogP contribution >= 0.6 is 0 Å². The number of nitrogens with two attached hydrogens (primary N) is 1. The Morgan fingerprint density at radius 3 is 2.64 bits per heavy atom. The fourth-order valence-electron chi connectivity index (χ4n) is 0.788. The molecule has 0 unspecified atom stereocenters. The summed E-state index contributed by atoms with van der Waals surface area (Å²) < 4.78 is 4.55. The summed E-state index contributed by atoms with van der Waals surface area (Å²) in [4.78, 5) is 10.9. The Morgan fingerprint density at radius 2 is 2.27 bits per heavy atom. The molecule has 11 heavy (non-hydrogen) atoms. The van der Waals surface area contributed by atoms with Gasteiger partial charge >= 0.3 is 5.97 Å². The van der Waals surface area contributed by atoms with E-state index in [1.807, 2.05) is 6.92 Å². The number of methoxy groups -OCH3 is 1. The molecule has 0 rings (SSSR count). The Hall–Kier alpha value is -0.830. The van der Waals surface area contributed by atoms with Crippen LogP contribution in [0, 0.1) is 0 Å². The zero-order valence-corrected chi connectivity index (χ0v) is 7.09. The van der Waals surface area contributed by atoms with Crippen LogP contribution in [0.3, 0.4) is 0 Å². The maximum Gasteiger partial charge on any atom is 0.333 e. The lowest BCUT2D eigenvalue weighted by atomic mass is 10.1. The van der Waals surface area contributed by atoms with Gasteiger partial charge in [-0.15, -0.1) is 0 Å². The van der Waals surface area contributed by atoms with E-state index in [0.717, 1.165) is 6.42 Å². The Balaban J connectivity index is 3.87. The number of hydrogen-bond acceptors (Lipinski definition) is 3. The molecular formula is C8H15NO2. The van der Waals surface area contributed by atoms with Gasteiger partial charge < -0.3 is 10.5 Å². The van der Waals surface area contributed by atoms with E-state index in [1.165, 1.54) is 7.11 Å². The van der Waals surface area contributed by atoms with Crippen LogP contribution in [0.4, 0.5) is 0 Å². The lowest BCUT2D eigenvalue weighted by Crippen LogP contribution is -2.07. The molecule has 0 aromatic heterocycles. The van der Waals surface area contributed by atoms with Crippen molar-refractivity contribution < 1.29 is 9.53 Å². The van der Waals surface area contributed by atoms with Crippen LogP contribution in [-0.2, 0) is 9.53 Å². The van der Waals surface area contributed by atoms with Gasteiger partial charge in [0.1, 0.15) is 0 Å². The van der Waals surface area contributed by atoms with Crippen LogP contribution in [0.15, 0.2) is 11.6 Å². The number of rotatable bonds is 4. The van der Waals surface area contributed by atoms with Crippen molar-refractivity contribution in [3.63, 3.8) is 0 Å². The first-order valence-corrected chi connectivity index (χ1v) is 3.69. The average Bonchev–Trinajstić information content (AvgIpc) is 2.05. The number of allylic oxidation sites excluding steroid dienone is 1. The summed E-state index contributed by atoms with van der Waals surface area (Å²) in [7, 11) is 1.38. The molecule has 0 aliphatic rings. The molecule has 0 heterocycles. The first-order valence-electron chi connectivity index (χ1n) is 3.69. The molecule has 3 nitrogen and oxygen atoms in total. The average molecular weight is 157 g/mol. The van der Waals surface area contributed by atoms with E-state index in [0.29, 0.717) is 18.5 Å². The molecule has 0 saturated heterocycles. The van der Waals surface area contributed by atoms with Gasteiger partial charge in [0.2, 0.25) is 0 Å². The third-order valence-electron chi connectivity index (χ3n) is 1.45. The van der Waals surface area contributed by atoms with E-state index in [9.17, 15) is 4.79 Å². The molecule has 0 fully saturated rings. The second kappa shape index (κ2) is 5.92. The number of hydrogen-bond donors (Lipinski definition) is 1. The summed E-state index contributed by atoms with van der Waals surface area (Å²) in [5.74, 6) is -0.249. The SMILES string of the molecule is CC=C(CCCN)C(=O)OC. The van der Waals surface area contributed by atoms with E-state index in [4.69, 9.17) is 5.73 Å². The summed E-state index contributed by atoms with van der Waals surface area (Å²) in [6.45, 7) is 2.43. The molecule has 0 atom stereocenters. The van der Waals surface area contributed by atoms with Gasteiger partial charge in [-0.25, -0.2) is 4.79 Å². The maximum atomic E-state index is 10.9. The summed E-state index contributed by atoms with van der Waals surface area (Å²) in [6.07, 6.45) is 3.30. The second-order valence-corrected chi connectivity index (χ2v) is 2.20. The summed E-state index contributed by atoms with van der Waals surface area (Å²) in [5, 5.41) is 0. The molecule has 0 aromatic carbocycles. The monoisotopic (exact) mass is 157 g/mol. The van der Waals surface area contributed by atoms with Gasteiger partial charge in [-0.2, -0.15) is 0 Å². The third kappa shape index (κ3) is 3.78. The highest BCUT2D eigenvalue weighted by Gasteiger charge is 2.06. The Kier molecular flexibility index (Phi) is 5.47. The lowest BCUT2D eigenvalue weighted by molar-refractivity contribution is -0.136. The number of carbonyl (C=O) groups excluding carboxylic acids is 1. The van der Waals surface area contributed by atoms with Crippen LogP contribution in [0.1, 0.15) is 19.8 Å². The van der Waals surface area contributed by atoms with Gasteiger partial charge in [-0.1, -0.05) is 6.08 Å². The van der Waals surface area contributed by atoms with Crippen LogP contribution in [0.2, 0.25) is 0 Å². The van der Waals surface area contributed by atoms with Crippen molar-refractivity contribution in [2.45, 2.75) is 19.8 Å². The molecule has 0 aromatic rings. The molecule has 0 aliphatic heterocycles. The van der Waals surface area contributed by atoms with E-state index in [2.05, 4.69) is 4.74 Å². The predicted octanol–water partition coefficient (Wildman–Crippen LogP) is 0.845. The first-order chi connectivity index (χ1) is 5.26. The maximum absolute atomic E-state index is 10.9. The first kappa shape index (κ1) is 10.2. The zero-order valence-electron chi connectivity index (χ0n) is 7.09. The minimum Gasteiger partial charge on any atom is -0.466 e. The number of ether oxygens (including phenoxy) is 1. The normalized spacial score (nSPS) is 11.4. The van der Waals surface area contributed by atoms with Crippen molar-refractivity contribution in [2.75, 3.05) is 13.7 Å². The quantitative estimate of drug-likeness (QED) is 0.486. The molecular weight excluding hydrogens is 142 g/mol. The Labute approximate surface area is 67.2 Å². The van der Waals surface area contributed by atoms with Crippen LogP contribution in [0.5, 0.6) is 0 Å². The molecule has 0 radical (unpaired) electrons. The number of esters is 1. The van der Waals surface area contributed by atoms with Crippen molar-refractivity contribution in [3.05, 3.63) is 11.6 Å². The minimum absolute atomic E-state index is 0.249. The number of carbonyl (C=O) groups is 1. The van der Waals surface area contributed by atoms with Gasteiger partial charge in [-0.3, -0.25) is 0 Å². The largest absolute Gasteiger partial charge is 0.466 e. The van der Waals surface area contributed by atoms with Crippen LogP contribution in [-0.4, -0.2) is 19.6 Å². The molecule has 0 bridgehead atoms. The van der Waals surface area contributed by atoms with Crippen molar-refractivity contribution in [3.8, 4) is 0 Å². The molecule has 3 heteroatoms. The fourth-order valence-corrected chi connectivity index (χ4v) is 0.788. The van der Waals surface area contributed by atoms with E-state index >= 15 is 0 Å². The molecule has 0 spiro atoms. The van der Waals surface area contributed by atoms with Crippen molar-refractivity contribution in [1.29, 1.82) is 0 Å². The van der Waals surface area contributed by atoms with Crippen molar-refractivity contribution in [2.24, 2.45) is 5.73 Å². The minimum atomic E-state index is -0.249. The summed E-state index contributed by atoms with van der Waals surface area (Å²) in [5.41, 5.74) is 6.00. The Bertz CT molecular complexity index is 152. The molecule has 0 aliphatic carbocycles. The predicted molar refractivity (Wildman–Crippen MR) is 44.1 cm³/mol. The van der Waals surface area contributed by atoms with Crippen LogP contribution < -0.4 is 5.73 Å². The van der Waals surface area contributed by atoms with Gasteiger partial charge in [-0.05, 0) is 26.3 Å². The second-order valence-electron chi connectivity index (χ2n) is 2.20. The molecule has 2 N–H and O–H groups in total. The Morgan fingerprint density at radius 1 is 1.64 bits per heavy atom. The fraction of sp³-hybridized carbons (Fsp3) is 0.625. The smallest absolute Gasteiger partial charge is 0.333 e. The topological polar surface area (TPSA) is 52.3 Å². The van der Waals surface area contributed by atoms with E-state index in [1.54, 1.807) is 6.08 Å². The van der Waals surface area contributed by atoms with Gasteiger partial charge in [0, 0.05) is 5.57 Å². The van der Waals surface area contributed by atoms with E-state index < -0.39 is 0 Å². The van der Waals surface area contributed by atoms with Gasteiger partial charge in [0.05, 0.1) is 7.11 Å². The third-order valence-corrected chi connectivity index (χ3v) is 1.45. The summed E-state index contributed by atoms with van der Waals surface area (Å²) in [6, 6.07) is 0. The highest BCUT2D eigenvalue weighted by Crippen LogP contribution is 2.05. The highest BCUT2D eigenvalue weighted by atomic mass is 16.5. The lowest BCUT2D eigenvalue weighted by Gasteiger charge is -2.02.